The predicted octanol–water partition coefficient (Wildman–Crippen LogP) is 9.18. The van der Waals surface area contributed by atoms with Gasteiger partial charge in [0.2, 0.25) is 5.91 Å². The Kier molecular flexibility index (Phi) is 16.7. The first kappa shape index (κ1) is 50.5. The van der Waals surface area contributed by atoms with Gasteiger partial charge in [-0.3, -0.25) is 9.59 Å². The number of phenolic OH excluding ortho intramolecular Hbond substituents is 2. The number of carbonyl (C=O) groups excluding carboxylic acids is 3. The number of hydrogen-bond donors (Lipinski definition) is 3. The second kappa shape index (κ2) is 22.8. The number of unbranched alkanes of at least 4 members (excludes halogenated alkanes) is 1. The van der Waals surface area contributed by atoms with E-state index < -0.39 is 17.8 Å². The fourth-order valence-corrected chi connectivity index (χ4v) is 10.2. The molecule has 0 spiro atoms. The van der Waals surface area contributed by atoms with E-state index in [0.717, 1.165) is 44.7 Å². The van der Waals surface area contributed by atoms with E-state index in [0.29, 0.717) is 44.6 Å². The minimum atomic E-state index is -0.743. The zero-order valence-electron chi connectivity index (χ0n) is 41.3. The molecule has 3 aromatic carbocycles. The number of anilines is 2. The highest BCUT2D eigenvalue weighted by atomic mass is 16.6. The number of benzene rings is 3. The molecule has 3 N–H and O–H groups in total. The van der Waals surface area contributed by atoms with Crippen molar-refractivity contribution in [3.05, 3.63) is 131 Å². The summed E-state index contributed by atoms with van der Waals surface area (Å²) in [5.41, 5.74) is 6.77. The molecule has 13 nitrogen and oxygen atoms in total. The minimum Gasteiger partial charge on any atom is -0.508 e. The number of esters is 1. The Balaban J connectivity index is 0.929. The lowest BCUT2D eigenvalue weighted by Crippen LogP contribution is -2.37. The number of phenols is 2. The van der Waals surface area contributed by atoms with Gasteiger partial charge in [0.1, 0.15) is 23.2 Å². The van der Waals surface area contributed by atoms with Gasteiger partial charge in [-0.2, -0.15) is 0 Å². The van der Waals surface area contributed by atoms with Crippen LogP contribution in [0.3, 0.4) is 0 Å². The molecule has 0 aromatic heterocycles. The number of para-hydroxylation sites is 2. The van der Waals surface area contributed by atoms with E-state index in [1.54, 1.807) is 17.9 Å². The maximum absolute atomic E-state index is 13.4. The van der Waals surface area contributed by atoms with Crippen molar-refractivity contribution < 1.29 is 38.9 Å². The Morgan fingerprint density at radius 2 is 1.68 bits per heavy atom. The minimum absolute atomic E-state index is 0.00586. The summed E-state index contributed by atoms with van der Waals surface area (Å²) in [6.45, 7) is 13.5. The second-order valence-corrected chi connectivity index (χ2v) is 19.7. The van der Waals surface area contributed by atoms with Crippen LogP contribution in [0.2, 0.25) is 0 Å². The molecule has 0 radical (unpaired) electrons. The maximum Gasteiger partial charge on any atom is 0.342 e. The normalized spacial score (nSPS) is 23.2. The summed E-state index contributed by atoms with van der Waals surface area (Å²) in [5.74, 6) is -1.57. The molecule has 1 fully saturated rings. The van der Waals surface area contributed by atoms with Gasteiger partial charge in [0.25, 0.3) is 5.91 Å². The molecule has 0 saturated carbocycles. The molecule has 2 unspecified atom stereocenters. The summed E-state index contributed by atoms with van der Waals surface area (Å²) < 4.78 is 11.9. The Morgan fingerprint density at radius 1 is 0.942 bits per heavy atom. The molecular weight excluding hydrogens is 871 g/mol. The number of amides is 2. The number of carbonyl (C=O) groups is 3. The number of aromatic hydroxyl groups is 2. The van der Waals surface area contributed by atoms with Crippen LogP contribution >= 0.6 is 0 Å². The lowest BCUT2D eigenvalue weighted by molar-refractivity contribution is -0.137. The Labute approximate surface area is 408 Å². The summed E-state index contributed by atoms with van der Waals surface area (Å²) in [6, 6.07) is 20.0. The quantitative estimate of drug-likeness (QED) is 0.0617. The van der Waals surface area contributed by atoms with Crippen molar-refractivity contribution in [2.45, 2.75) is 121 Å². The van der Waals surface area contributed by atoms with Gasteiger partial charge in [0, 0.05) is 86.5 Å². The molecule has 1 saturated heterocycles. The van der Waals surface area contributed by atoms with Gasteiger partial charge in [0.15, 0.2) is 6.61 Å². The van der Waals surface area contributed by atoms with Gasteiger partial charge in [-0.15, -0.1) is 0 Å². The lowest BCUT2D eigenvalue weighted by Gasteiger charge is -2.30. The van der Waals surface area contributed by atoms with Crippen molar-refractivity contribution in [1.82, 2.24) is 10.2 Å². The second-order valence-electron chi connectivity index (χ2n) is 19.7. The van der Waals surface area contributed by atoms with Gasteiger partial charge >= 0.3 is 5.97 Å². The summed E-state index contributed by atoms with van der Waals surface area (Å²) >= 11 is 0. The number of hydrogen-bond acceptors (Lipinski definition) is 11. The molecule has 3 atom stereocenters. The number of likely N-dealkylation sites (tertiary alicyclic amines) is 1. The standard InChI is InChI=1S/C56H71N5O8/c1-39-19-16-21-43(22-17-20-41(58-68-38-52(65)60-31-13-7-14-32-60)35-40-36-42(62)37-48(63)53(40)54(66)69-39)67-34-30-57-51(64)29-12-15-33-61-47-26-11-9-24-45(47)56(4,5)50(61)28-18-27-49-55(2,3)44-23-8-10-25-46(44)59(49)6/h8-11,16-18,20-21,23-28,36-37,39,43,49,62-63H,7,12-15,19,22,29-35,38H2,1-6H3,(H,57,64)/b20-17+,21-16+,27-18+,50-28-,58-41+/t39-,43?,49?/m1/s1. The zero-order valence-corrected chi connectivity index (χ0v) is 41.3. The number of likely N-dealkylation sites (N-methyl/N-ethyl adjacent to an activating group) is 1. The van der Waals surface area contributed by atoms with Gasteiger partial charge in [-0.25, -0.2) is 4.79 Å². The molecule has 0 aliphatic carbocycles. The molecule has 4 aliphatic rings. The molecule has 13 heteroatoms. The van der Waals surface area contributed by atoms with Crippen molar-refractivity contribution in [2.24, 2.45) is 5.16 Å². The van der Waals surface area contributed by atoms with Crippen LogP contribution < -0.4 is 15.1 Å². The van der Waals surface area contributed by atoms with Gasteiger partial charge in [-0.05, 0) is 92.5 Å². The number of nitrogens with one attached hydrogen (secondary N) is 1. The highest BCUT2D eigenvalue weighted by Gasteiger charge is 2.42. The van der Waals surface area contributed by atoms with E-state index in [9.17, 15) is 24.6 Å². The van der Waals surface area contributed by atoms with Gasteiger partial charge < -0.3 is 44.5 Å². The summed E-state index contributed by atoms with van der Waals surface area (Å²) in [5, 5.41) is 28.4. The molecule has 4 aliphatic heterocycles. The van der Waals surface area contributed by atoms with E-state index in [-0.39, 0.29) is 71.3 Å². The Morgan fingerprint density at radius 3 is 2.45 bits per heavy atom. The molecule has 4 heterocycles. The number of ether oxygens (including phenoxy) is 2. The molecule has 69 heavy (non-hydrogen) atoms. The zero-order chi connectivity index (χ0) is 49.1. The topological polar surface area (TPSA) is 153 Å². The summed E-state index contributed by atoms with van der Waals surface area (Å²) in [6.07, 6.45) is 19.1. The summed E-state index contributed by atoms with van der Waals surface area (Å²) in [7, 11) is 2.18. The van der Waals surface area contributed by atoms with Crippen LogP contribution in [0.25, 0.3) is 0 Å². The predicted molar refractivity (Wildman–Crippen MR) is 272 cm³/mol. The van der Waals surface area contributed by atoms with Crippen LogP contribution in [0, 0.1) is 0 Å². The van der Waals surface area contributed by atoms with Crippen molar-refractivity contribution in [2.75, 3.05) is 56.2 Å². The van der Waals surface area contributed by atoms with Crippen molar-refractivity contribution in [1.29, 1.82) is 0 Å². The van der Waals surface area contributed by atoms with Crippen LogP contribution in [-0.2, 0) is 41.2 Å². The number of cyclic esters (lactones) is 1. The first-order chi connectivity index (χ1) is 33.1. The van der Waals surface area contributed by atoms with Crippen LogP contribution in [0.1, 0.15) is 113 Å². The maximum atomic E-state index is 13.4. The molecule has 368 valence electrons. The van der Waals surface area contributed by atoms with Crippen LogP contribution in [-0.4, -0.2) is 103 Å². The summed E-state index contributed by atoms with van der Waals surface area (Å²) in [4.78, 5) is 51.4. The third-order valence-corrected chi connectivity index (χ3v) is 13.9. The number of nitrogens with zero attached hydrogens (tertiary/aromatic N) is 4. The lowest BCUT2D eigenvalue weighted by atomic mass is 9.80. The Hall–Kier alpha value is -6.34. The van der Waals surface area contributed by atoms with Crippen LogP contribution in [0.5, 0.6) is 11.5 Å². The van der Waals surface area contributed by atoms with E-state index in [1.165, 1.54) is 34.3 Å². The van der Waals surface area contributed by atoms with Crippen molar-refractivity contribution in [3.63, 3.8) is 0 Å². The monoisotopic (exact) mass is 942 g/mol. The number of piperidine rings is 1. The number of rotatable bonds is 14. The Bertz CT molecular complexity index is 2460. The van der Waals surface area contributed by atoms with Crippen LogP contribution in [0.15, 0.2) is 114 Å². The first-order valence-corrected chi connectivity index (χ1v) is 24.7. The highest BCUT2D eigenvalue weighted by Crippen LogP contribution is 2.48. The third-order valence-electron chi connectivity index (χ3n) is 13.9. The molecule has 7 rings (SSSR count). The highest BCUT2D eigenvalue weighted by molar-refractivity contribution is 6.00. The smallest absolute Gasteiger partial charge is 0.342 e. The average Bonchev–Trinajstić information content (AvgIpc) is 3.65. The van der Waals surface area contributed by atoms with Gasteiger partial charge in [-0.1, -0.05) is 99.6 Å². The first-order valence-electron chi connectivity index (χ1n) is 24.7. The SMILES string of the molecule is C[C@@H]1C/C=C/C(OCCNC(=O)CCCCN2/C(=C\C=C\C3N(C)c4ccccc4C3(C)C)C(C)(C)c3ccccc32)C/C=C/C(=N\OCC(=O)N2CCCCC2)Cc2cc(O)cc(O)c2C(=O)O1. The average molecular weight is 942 g/mol. The number of oxime groups is 1. The fraction of sp³-hybridized carbons (Fsp3) is 0.464. The molecule has 2 amide bonds. The van der Waals surface area contributed by atoms with E-state index in [2.05, 4.69) is 122 Å². The van der Waals surface area contributed by atoms with Crippen LogP contribution in [0.4, 0.5) is 11.4 Å². The fourth-order valence-electron chi connectivity index (χ4n) is 10.2. The molecular formula is C56H71N5O8. The number of fused-ring (bicyclic) bond motifs is 3. The number of allylic oxidation sites excluding steroid dienone is 4. The van der Waals surface area contributed by atoms with E-state index in [1.807, 2.05) is 18.2 Å². The molecule has 3 aromatic rings. The van der Waals surface area contributed by atoms with Crippen molar-refractivity contribution in [3.8, 4) is 11.5 Å². The van der Waals surface area contributed by atoms with E-state index >= 15 is 0 Å². The third kappa shape index (κ3) is 12.3. The van der Waals surface area contributed by atoms with Gasteiger partial charge in [0.05, 0.1) is 24.5 Å². The largest absolute Gasteiger partial charge is 0.508 e. The molecule has 0 bridgehead atoms. The van der Waals surface area contributed by atoms with Crippen molar-refractivity contribution >= 4 is 34.9 Å². The van der Waals surface area contributed by atoms with E-state index in [4.69, 9.17) is 14.3 Å².